The highest BCUT2D eigenvalue weighted by Crippen LogP contribution is 2.28. The molecule has 154 valence electrons. The first kappa shape index (κ1) is 23.1. The van der Waals surface area contributed by atoms with E-state index in [0.29, 0.717) is 19.1 Å². The fourth-order valence-corrected chi connectivity index (χ4v) is 2.75. The van der Waals surface area contributed by atoms with Crippen molar-refractivity contribution >= 4 is 5.96 Å². The molecule has 0 heterocycles. The lowest BCUT2D eigenvalue weighted by molar-refractivity contribution is 0.217. The molecule has 0 radical (unpaired) electrons. The molecule has 0 saturated carbocycles. The summed E-state index contributed by atoms with van der Waals surface area (Å²) in [5.74, 6) is 1.98. The Hall–Kier alpha value is -1.95. The zero-order chi connectivity index (χ0) is 19.9. The number of guanidine groups is 1. The van der Waals surface area contributed by atoms with Gasteiger partial charge in [0.25, 0.3) is 0 Å². The van der Waals surface area contributed by atoms with Gasteiger partial charge in [-0.1, -0.05) is 46.1 Å². The summed E-state index contributed by atoms with van der Waals surface area (Å²) in [4.78, 5) is 6.73. The molecular formula is C21H38N4O2. The van der Waals surface area contributed by atoms with Gasteiger partial charge in [0.15, 0.2) is 17.5 Å². The Morgan fingerprint density at radius 1 is 1.11 bits per heavy atom. The Morgan fingerprint density at radius 2 is 1.89 bits per heavy atom. The van der Waals surface area contributed by atoms with Crippen molar-refractivity contribution in [3.63, 3.8) is 0 Å². The number of nitrogens with one attached hydrogen (secondary N) is 1. The Kier molecular flexibility index (Phi) is 12.1. The van der Waals surface area contributed by atoms with E-state index in [9.17, 15) is 0 Å². The van der Waals surface area contributed by atoms with Crippen LogP contribution in [0.15, 0.2) is 23.2 Å². The number of hydrogen-bond donors (Lipinski definition) is 2. The van der Waals surface area contributed by atoms with E-state index in [1.165, 1.54) is 19.3 Å². The van der Waals surface area contributed by atoms with Crippen molar-refractivity contribution in [3.8, 4) is 11.5 Å². The van der Waals surface area contributed by atoms with Crippen molar-refractivity contribution in [2.45, 2.75) is 53.0 Å². The lowest BCUT2D eigenvalue weighted by Gasteiger charge is -2.18. The molecule has 0 aliphatic heterocycles. The number of hydrogen-bond acceptors (Lipinski definition) is 4. The number of aliphatic imine (C=N–C) groups is 1. The first-order valence-electron chi connectivity index (χ1n) is 10.2. The number of benzene rings is 1. The van der Waals surface area contributed by atoms with Gasteiger partial charge in [-0.05, 0) is 37.2 Å². The number of likely N-dealkylation sites (N-methyl/N-ethyl adjacent to an activating group) is 1. The van der Waals surface area contributed by atoms with Crippen LogP contribution in [-0.4, -0.2) is 50.8 Å². The number of nitrogens with zero attached hydrogens (tertiary/aromatic N) is 2. The minimum Gasteiger partial charge on any atom is -0.493 e. The molecule has 0 aliphatic carbocycles. The lowest BCUT2D eigenvalue weighted by atomic mass is 10.2. The second-order valence-corrected chi connectivity index (χ2v) is 6.55. The van der Waals surface area contributed by atoms with Crippen molar-refractivity contribution < 1.29 is 9.47 Å². The van der Waals surface area contributed by atoms with Gasteiger partial charge < -0.3 is 25.4 Å². The van der Waals surface area contributed by atoms with E-state index in [1.807, 2.05) is 18.2 Å². The maximum Gasteiger partial charge on any atom is 0.188 e. The highest BCUT2D eigenvalue weighted by molar-refractivity contribution is 5.77. The van der Waals surface area contributed by atoms with Crippen LogP contribution in [0.3, 0.4) is 0 Å². The molecule has 0 amide bonds. The van der Waals surface area contributed by atoms with Gasteiger partial charge in [-0.25, -0.2) is 4.99 Å². The van der Waals surface area contributed by atoms with E-state index in [0.717, 1.165) is 49.7 Å². The minimum atomic E-state index is 0.491. The molecular weight excluding hydrogens is 340 g/mol. The average molecular weight is 379 g/mol. The molecule has 6 heteroatoms. The fourth-order valence-electron chi connectivity index (χ4n) is 2.75. The molecule has 0 spiro atoms. The van der Waals surface area contributed by atoms with Crippen LogP contribution in [0.1, 0.15) is 52.0 Å². The summed E-state index contributed by atoms with van der Waals surface area (Å²) in [7, 11) is 1.66. The highest BCUT2D eigenvalue weighted by Gasteiger charge is 2.07. The summed E-state index contributed by atoms with van der Waals surface area (Å²) in [6.45, 7) is 11.5. The summed E-state index contributed by atoms with van der Waals surface area (Å²) in [5.41, 5.74) is 6.98. The number of unbranched alkanes of at least 4 members (excludes halogenated alkanes) is 3. The number of ether oxygens (including phenoxy) is 2. The second kappa shape index (κ2) is 14.2. The molecule has 27 heavy (non-hydrogen) atoms. The van der Waals surface area contributed by atoms with E-state index < -0.39 is 0 Å². The van der Waals surface area contributed by atoms with Crippen LogP contribution in [-0.2, 0) is 6.54 Å². The second-order valence-electron chi connectivity index (χ2n) is 6.55. The fraction of sp³-hybridized carbons (Fsp3) is 0.667. The Morgan fingerprint density at radius 3 is 2.56 bits per heavy atom. The van der Waals surface area contributed by atoms with E-state index in [4.69, 9.17) is 15.2 Å². The van der Waals surface area contributed by atoms with Gasteiger partial charge in [0, 0.05) is 13.1 Å². The molecule has 3 N–H and O–H groups in total. The summed E-state index contributed by atoms with van der Waals surface area (Å²) < 4.78 is 11.4. The van der Waals surface area contributed by atoms with Crippen molar-refractivity contribution in [3.05, 3.63) is 23.8 Å². The number of rotatable bonds is 14. The monoisotopic (exact) mass is 378 g/mol. The molecule has 1 aromatic rings. The lowest BCUT2D eigenvalue weighted by Crippen LogP contribution is -2.32. The molecule has 1 rings (SSSR count). The molecule has 0 atom stereocenters. The molecule has 0 fully saturated rings. The van der Waals surface area contributed by atoms with Crippen molar-refractivity contribution in [1.29, 1.82) is 0 Å². The Bertz CT molecular complexity index is 545. The highest BCUT2D eigenvalue weighted by atomic mass is 16.5. The molecule has 0 unspecified atom stereocenters. The predicted molar refractivity (Wildman–Crippen MR) is 114 cm³/mol. The van der Waals surface area contributed by atoms with Gasteiger partial charge in [-0.3, -0.25) is 0 Å². The maximum atomic E-state index is 5.94. The standard InChI is InChI=1S/C21H38N4O2/c1-5-8-9-10-13-23-21(22)24-17-18-11-12-19(20(16-18)26-4)27-15-14-25(6-2)7-3/h11-12,16H,5-10,13-15,17H2,1-4H3,(H3,22,23,24). The maximum absolute atomic E-state index is 5.94. The largest absolute Gasteiger partial charge is 0.493 e. The smallest absolute Gasteiger partial charge is 0.188 e. The van der Waals surface area contributed by atoms with E-state index in [-0.39, 0.29) is 0 Å². The zero-order valence-electron chi connectivity index (χ0n) is 17.6. The molecule has 0 bridgehead atoms. The molecule has 0 aromatic heterocycles. The first-order chi connectivity index (χ1) is 13.1. The van der Waals surface area contributed by atoms with Gasteiger partial charge in [-0.2, -0.15) is 0 Å². The van der Waals surface area contributed by atoms with Crippen molar-refractivity contribution in [2.75, 3.05) is 39.9 Å². The van der Waals surface area contributed by atoms with Crippen LogP contribution in [0.25, 0.3) is 0 Å². The van der Waals surface area contributed by atoms with Gasteiger partial charge in [0.05, 0.1) is 13.7 Å². The zero-order valence-corrected chi connectivity index (χ0v) is 17.6. The SMILES string of the molecule is CCCCCCNC(N)=NCc1ccc(OCCN(CC)CC)c(OC)c1. The van der Waals surface area contributed by atoms with E-state index in [2.05, 4.69) is 36.0 Å². The third-order valence-electron chi connectivity index (χ3n) is 4.56. The van der Waals surface area contributed by atoms with E-state index in [1.54, 1.807) is 7.11 Å². The van der Waals surface area contributed by atoms with Crippen LogP contribution in [0.5, 0.6) is 11.5 Å². The van der Waals surface area contributed by atoms with Crippen molar-refractivity contribution in [1.82, 2.24) is 10.2 Å². The van der Waals surface area contributed by atoms with Gasteiger partial charge in [0.2, 0.25) is 0 Å². The summed E-state index contributed by atoms with van der Waals surface area (Å²) in [6, 6.07) is 5.92. The third kappa shape index (κ3) is 9.52. The van der Waals surface area contributed by atoms with Crippen LogP contribution in [0, 0.1) is 0 Å². The topological polar surface area (TPSA) is 72.1 Å². The number of methoxy groups -OCH3 is 1. The quantitative estimate of drug-likeness (QED) is 0.295. The van der Waals surface area contributed by atoms with Crippen LogP contribution in [0.2, 0.25) is 0 Å². The minimum absolute atomic E-state index is 0.491. The van der Waals surface area contributed by atoms with Crippen molar-refractivity contribution in [2.24, 2.45) is 10.7 Å². The van der Waals surface area contributed by atoms with Crippen LogP contribution >= 0.6 is 0 Å². The van der Waals surface area contributed by atoms with E-state index >= 15 is 0 Å². The molecule has 1 aromatic carbocycles. The molecule has 0 aliphatic rings. The predicted octanol–water partition coefficient (Wildman–Crippen LogP) is 3.40. The van der Waals surface area contributed by atoms with Crippen LogP contribution in [0.4, 0.5) is 0 Å². The normalized spacial score (nSPS) is 11.7. The summed E-state index contributed by atoms with van der Waals surface area (Å²) in [5, 5.41) is 3.17. The van der Waals surface area contributed by atoms with Gasteiger partial charge in [-0.15, -0.1) is 0 Å². The molecule has 0 saturated heterocycles. The average Bonchev–Trinajstić information content (AvgIpc) is 2.70. The first-order valence-corrected chi connectivity index (χ1v) is 10.2. The van der Waals surface area contributed by atoms with Gasteiger partial charge >= 0.3 is 0 Å². The Labute approximate surface area is 165 Å². The number of nitrogens with two attached hydrogens (primary N) is 1. The molecule has 6 nitrogen and oxygen atoms in total. The summed E-state index contributed by atoms with van der Waals surface area (Å²) >= 11 is 0. The van der Waals surface area contributed by atoms with Crippen LogP contribution < -0.4 is 20.5 Å². The van der Waals surface area contributed by atoms with Gasteiger partial charge in [0.1, 0.15) is 6.61 Å². The third-order valence-corrected chi connectivity index (χ3v) is 4.56. The summed E-state index contributed by atoms with van der Waals surface area (Å²) in [6.07, 6.45) is 4.85. The Balaban J connectivity index is 2.49.